The molecule has 0 aliphatic carbocycles. The largest absolute Gasteiger partial charge is 0.493 e. The number of sulfone groups is 1. The Bertz CT molecular complexity index is 939. The number of carbonyl (C=O) groups excluding carboxylic acids is 2. The number of ether oxygens (including phenoxy) is 2. The van der Waals surface area contributed by atoms with Crippen LogP contribution in [0.15, 0.2) is 47.4 Å². The molecule has 0 spiro atoms. The number of hydrogen-bond donors (Lipinski definition) is 2. The lowest BCUT2D eigenvalue weighted by Gasteiger charge is -2.11. The molecule has 0 heterocycles. The SMILES string of the molecule is CCOc1ccc(C(=O)NNC(=O)c2ccc(S(C)(=O)=O)cc2)cc1OC. The second kappa shape index (κ2) is 8.54. The first-order valence-electron chi connectivity index (χ1n) is 7.98. The minimum atomic E-state index is -3.35. The van der Waals surface area contributed by atoms with E-state index >= 15 is 0 Å². The van der Waals surface area contributed by atoms with E-state index in [2.05, 4.69) is 10.9 Å². The van der Waals surface area contributed by atoms with Crippen molar-refractivity contribution in [3.63, 3.8) is 0 Å². The predicted octanol–water partition coefficient (Wildman–Crippen LogP) is 1.57. The summed E-state index contributed by atoms with van der Waals surface area (Å²) in [5.74, 6) is -0.225. The van der Waals surface area contributed by atoms with Crippen molar-refractivity contribution in [1.29, 1.82) is 0 Å². The Morgan fingerprint density at radius 1 is 0.926 bits per heavy atom. The van der Waals surface area contributed by atoms with Crippen LogP contribution in [0.25, 0.3) is 0 Å². The highest BCUT2D eigenvalue weighted by Crippen LogP contribution is 2.27. The van der Waals surface area contributed by atoms with E-state index in [4.69, 9.17) is 9.47 Å². The standard InChI is InChI=1S/C18H20N2O6S/c1-4-26-15-10-7-13(11-16(15)25-2)18(22)20-19-17(21)12-5-8-14(9-6-12)27(3,23)24/h5-11H,4H2,1-3H3,(H,19,21)(H,20,22). The molecule has 0 aliphatic heterocycles. The highest BCUT2D eigenvalue weighted by molar-refractivity contribution is 7.90. The summed E-state index contributed by atoms with van der Waals surface area (Å²) in [6.45, 7) is 2.29. The Balaban J connectivity index is 2.03. The molecule has 2 rings (SSSR count). The van der Waals surface area contributed by atoms with Crippen LogP contribution in [0, 0.1) is 0 Å². The molecule has 2 aromatic carbocycles. The van der Waals surface area contributed by atoms with Crippen molar-refractivity contribution in [2.45, 2.75) is 11.8 Å². The fourth-order valence-electron chi connectivity index (χ4n) is 2.19. The predicted molar refractivity (Wildman–Crippen MR) is 98.6 cm³/mol. The van der Waals surface area contributed by atoms with Crippen LogP contribution < -0.4 is 20.3 Å². The molecule has 144 valence electrons. The molecule has 9 heteroatoms. The molecule has 0 saturated carbocycles. The second-order valence-corrected chi connectivity index (χ2v) is 7.52. The van der Waals surface area contributed by atoms with E-state index in [1.165, 1.54) is 43.5 Å². The highest BCUT2D eigenvalue weighted by Gasteiger charge is 2.13. The number of hydrazine groups is 1. The molecule has 0 radical (unpaired) electrons. The van der Waals surface area contributed by atoms with Crippen LogP contribution in [0.5, 0.6) is 11.5 Å². The number of carbonyl (C=O) groups is 2. The molecule has 27 heavy (non-hydrogen) atoms. The summed E-state index contributed by atoms with van der Waals surface area (Å²) >= 11 is 0. The first kappa shape index (κ1) is 20.2. The fraction of sp³-hybridized carbons (Fsp3) is 0.222. The van der Waals surface area contributed by atoms with Gasteiger partial charge in [0, 0.05) is 17.4 Å². The molecule has 0 unspecified atom stereocenters. The lowest BCUT2D eigenvalue weighted by Crippen LogP contribution is -2.41. The molecular weight excluding hydrogens is 372 g/mol. The first-order valence-corrected chi connectivity index (χ1v) is 9.87. The molecule has 8 nitrogen and oxygen atoms in total. The van der Waals surface area contributed by atoms with E-state index in [0.29, 0.717) is 18.1 Å². The van der Waals surface area contributed by atoms with Crippen molar-refractivity contribution in [2.24, 2.45) is 0 Å². The molecule has 2 aromatic rings. The molecule has 0 fully saturated rings. The molecule has 2 N–H and O–H groups in total. The Labute approximate surface area is 157 Å². The number of nitrogens with one attached hydrogen (secondary N) is 2. The summed E-state index contributed by atoms with van der Waals surface area (Å²) < 4.78 is 33.4. The quantitative estimate of drug-likeness (QED) is 0.722. The van der Waals surface area contributed by atoms with Gasteiger partial charge >= 0.3 is 0 Å². The summed E-state index contributed by atoms with van der Waals surface area (Å²) in [6.07, 6.45) is 1.08. The van der Waals surface area contributed by atoms with Gasteiger partial charge in [-0.25, -0.2) is 8.42 Å². The van der Waals surface area contributed by atoms with Gasteiger partial charge in [-0.15, -0.1) is 0 Å². The van der Waals surface area contributed by atoms with Gasteiger partial charge in [-0.1, -0.05) is 0 Å². The molecular formula is C18H20N2O6S. The van der Waals surface area contributed by atoms with E-state index in [1.54, 1.807) is 6.07 Å². The maximum atomic E-state index is 12.2. The van der Waals surface area contributed by atoms with Crippen LogP contribution in [-0.2, 0) is 9.84 Å². The topological polar surface area (TPSA) is 111 Å². The van der Waals surface area contributed by atoms with Gasteiger partial charge in [-0.05, 0) is 49.4 Å². The Hall–Kier alpha value is -3.07. The van der Waals surface area contributed by atoms with Gasteiger partial charge in [-0.3, -0.25) is 20.4 Å². The van der Waals surface area contributed by atoms with Gasteiger partial charge in [0.1, 0.15) is 0 Å². The van der Waals surface area contributed by atoms with Gasteiger partial charge in [0.05, 0.1) is 18.6 Å². The van der Waals surface area contributed by atoms with Crippen molar-refractivity contribution in [3.05, 3.63) is 53.6 Å². The Morgan fingerprint density at radius 3 is 2.00 bits per heavy atom. The molecule has 2 amide bonds. The second-order valence-electron chi connectivity index (χ2n) is 5.50. The fourth-order valence-corrected chi connectivity index (χ4v) is 2.83. The maximum absolute atomic E-state index is 12.2. The van der Waals surface area contributed by atoms with Crippen LogP contribution in [0.1, 0.15) is 27.6 Å². The van der Waals surface area contributed by atoms with Crippen LogP contribution >= 0.6 is 0 Å². The van der Waals surface area contributed by atoms with Gasteiger partial charge in [0.2, 0.25) is 0 Å². The van der Waals surface area contributed by atoms with Crippen LogP contribution in [0.2, 0.25) is 0 Å². The Kier molecular flexibility index (Phi) is 6.40. The summed E-state index contributed by atoms with van der Waals surface area (Å²) in [5.41, 5.74) is 5.03. The van der Waals surface area contributed by atoms with Crippen LogP contribution in [-0.4, -0.2) is 40.2 Å². The van der Waals surface area contributed by atoms with E-state index in [1.807, 2.05) is 6.92 Å². The van der Waals surface area contributed by atoms with Gasteiger partial charge < -0.3 is 9.47 Å². The third-order valence-corrected chi connectivity index (χ3v) is 4.69. The number of benzene rings is 2. The summed E-state index contributed by atoms with van der Waals surface area (Å²) in [5, 5.41) is 0. The number of rotatable bonds is 6. The molecule has 0 bridgehead atoms. The normalized spacial score (nSPS) is 10.8. The summed E-state index contributed by atoms with van der Waals surface area (Å²) in [6, 6.07) is 9.99. The van der Waals surface area contributed by atoms with E-state index < -0.39 is 21.7 Å². The van der Waals surface area contributed by atoms with Crippen LogP contribution in [0.4, 0.5) is 0 Å². The maximum Gasteiger partial charge on any atom is 0.269 e. The average molecular weight is 392 g/mol. The summed E-state index contributed by atoms with van der Waals surface area (Å²) in [7, 11) is -1.89. The number of hydrogen-bond acceptors (Lipinski definition) is 6. The Morgan fingerprint density at radius 2 is 1.48 bits per heavy atom. The minimum absolute atomic E-state index is 0.101. The third-order valence-electron chi connectivity index (χ3n) is 3.56. The lowest BCUT2D eigenvalue weighted by atomic mass is 10.2. The average Bonchev–Trinajstić information content (AvgIpc) is 2.65. The first-order chi connectivity index (χ1) is 12.8. The van der Waals surface area contributed by atoms with Crippen molar-refractivity contribution < 1.29 is 27.5 Å². The minimum Gasteiger partial charge on any atom is -0.493 e. The van der Waals surface area contributed by atoms with E-state index in [-0.39, 0.29) is 16.0 Å². The zero-order valence-electron chi connectivity index (χ0n) is 15.1. The zero-order valence-corrected chi connectivity index (χ0v) is 15.9. The van der Waals surface area contributed by atoms with Crippen molar-refractivity contribution in [2.75, 3.05) is 20.0 Å². The number of methoxy groups -OCH3 is 1. The van der Waals surface area contributed by atoms with Gasteiger partial charge in [0.15, 0.2) is 21.3 Å². The lowest BCUT2D eigenvalue weighted by molar-refractivity contribution is 0.0846. The third kappa shape index (κ3) is 5.20. The summed E-state index contributed by atoms with van der Waals surface area (Å²) in [4.78, 5) is 24.4. The van der Waals surface area contributed by atoms with Gasteiger partial charge in [-0.2, -0.15) is 0 Å². The van der Waals surface area contributed by atoms with E-state index in [0.717, 1.165) is 6.26 Å². The van der Waals surface area contributed by atoms with E-state index in [9.17, 15) is 18.0 Å². The van der Waals surface area contributed by atoms with Crippen LogP contribution in [0.3, 0.4) is 0 Å². The van der Waals surface area contributed by atoms with Crippen molar-refractivity contribution in [1.82, 2.24) is 10.9 Å². The van der Waals surface area contributed by atoms with Crippen molar-refractivity contribution >= 4 is 21.7 Å². The molecule has 0 atom stereocenters. The molecule has 0 aromatic heterocycles. The van der Waals surface area contributed by atoms with Crippen molar-refractivity contribution in [3.8, 4) is 11.5 Å². The zero-order chi connectivity index (χ0) is 20.0. The monoisotopic (exact) mass is 392 g/mol. The number of amides is 2. The molecule has 0 aliphatic rings. The molecule has 0 saturated heterocycles. The highest BCUT2D eigenvalue weighted by atomic mass is 32.2. The smallest absolute Gasteiger partial charge is 0.269 e. The van der Waals surface area contributed by atoms with Gasteiger partial charge in [0.25, 0.3) is 11.8 Å².